The van der Waals surface area contributed by atoms with Crippen LogP contribution >= 0.6 is 0 Å². The molecule has 0 aromatic rings. The van der Waals surface area contributed by atoms with Crippen LogP contribution in [0.2, 0.25) is 0 Å². The van der Waals surface area contributed by atoms with Crippen molar-refractivity contribution < 1.29 is 74.7 Å². The normalized spacial score (nSPS) is 53.7. The molecule has 15 heteroatoms. The van der Waals surface area contributed by atoms with Crippen molar-refractivity contribution in [2.75, 3.05) is 13.2 Å². The van der Waals surface area contributed by atoms with Gasteiger partial charge in [-0.25, -0.2) is 0 Å². The Labute approximate surface area is 187 Å². The van der Waals surface area contributed by atoms with E-state index < -0.39 is 105 Å². The lowest BCUT2D eigenvalue weighted by Gasteiger charge is -2.47. The third-order valence-corrected chi connectivity index (χ3v) is 6.05. The Balaban J connectivity index is 1.67. The molecule has 0 bridgehead atoms. The van der Waals surface area contributed by atoms with Gasteiger partial charge in [0.15, 0.2) is 18.9 Å². The Hall–Kier alpha value is -0.600. The lowest BCUT2D eigenvalue weighted by atomic mass is 9.96. The summed E-state index contributed by atoms with van der Waals surface area (Å²) < 4.78 is 26.5. The van der Waals surface area contributed by atoms with Crippen molar-refractivity contribution in [1.29, 1.82) is 0 Å². The highest BCUT2D eigenvalue weighted by Crippen LogP contribution is 2.31. The largest absolute Gasteiger partial charge is 0.394 e. The number of hydrogen-bond acceptors (Lipinski definition) is 15. The Kier molecular flexibility index (Phi) is 8.99. The van der Waals surface area contributed by atoms with Gasteiger partial charge in [0.25, 0.3) is 0 Å². The van der Waals surface area contributed by atoms with Crippen LogP contribution in [0.5, 0.6) is 0 Å². The number of aliphatic hydroxyl groups excluding tert-OH is 10. The predicted molar refractivity (Wildman–Crippen MR) is 99.8 cm³/mol. The van der Waals surface area contributed by atoms with Crippen LogP contribution in [0.15, 0.2) is 0 Å². The third-order valence-electron chi connectivity index (χ3n) is 6.05. The van der Waals surface area contributed by atoms with Gasteiger partial charge in [0.1, 0.15) is 67.1 Å². The summed E-state index contributed by atoms with van der Waals surface area (Å²) in [5.74, 6) is 0. The topological polar surface area (TPSA) is 248 Å². The van der Waals surface area contributed by atoms with Crippen LogP contribution in [0, 0.1) is 0 Å². The molecule has 15 atom stereocenters. The number of hydrogen-bond donors (Lipinski definition) is 10. The van der Waals surface area contributed by atoms with Gasteiger partial charge in [-0.15, -0.1) is 0 Å². The zero-order chi connectivity index (χ0) is 24.6. The molecular weight excluding hydrogens is 456 g/mol. The minimum absolute atomic E-state index is 0.695. The quantitative estimate of drug-likeness (QED) is 0.167. The van der Waals surface area contributed by atoms with Crippen LogP contribution in [-0.4, -0.2) is 156 Å². The van der Waals surface area contributed by atoms with Gasteiger partial charge in [0.05, 0.1) is 19.3 Å². The minimum Gasteiger partial charge on any atom is -0.394 e. The van der Waals surface area contributed by atoms with Crippen LogP contribution in [0.25, 0.3) is 0 Å². The fourth-order valence-electron chi connectivity index (χ4n) is 4.02. The van der Waals surface area contributed by atoms with Crippen LogP contribution in [0.3, 0.4) is 0 Å². The van der Waals surface area contributed by atoms with Crippen molar-refractivity contribution in [1.82, 2.24) is 0 Å². The fraction of sp³-hybridized carbons (Fsp3) is 1.00. The zero-order valence-electron chi connectivity index (χ0n) is 17.6. The van der Waals surface area contributed by atoms with Crippen molar-refractivity contribution >= 4 is 0 Å². The second-order valence-corrected chi connectivity index (χ2v) is 8.32. The van der Waals surface area contributed by atoms with E-state index in [4.69, 9.17) is 23.7 Å². The molecule has 33 heavy (non-hydrogen) atoms. The maximum atomic E-state index is 10.6. The second kappa shape index (κ2) is 11.0. The van der Waals surface area contributed by atoms with Crippen molar-refractivity contribution in [2.24, 2.45) is 0 Å². The summed E-state index contributed by atoms with van der Waals surface area (Å²) in [6.45, 7) is 0.00827. The number of aliphatic hydroxyl groups is 10. The molecular formula is C18H32O15. The van der Waals surface area contributed by atoms with E-state index in [-0.39, 0.29) is 0 Å². The molecule has 15 nitrogen and oxygen atoms in total. The van der Waals surface area contributed by atoms with E-state index in [0.717, 1.165) is 0 Å². The van der Waals surface area contributed by atoms with Gasteiger partial charge < -0.3 is 74.7 Å². The van der Waals surface area contributed by atoms with Gasteiger partial charge in [-0.3, -0.25) is 0 Å². The van der Waals surface area contributed by atoms with E-state index in [2.05, 4.69) is 0 Å². The summed E-state index contributed by atoms with van der Waals surface area (Å²) in [5, 5.41) is 99.5. The zero-order valence-corrected chi connectivity index (χ0v) is 17.6. The first-order chi connectivity index (χ1) is 15.5. The first-order valence-corrected chi connectivity index (χ1v) is 10.4. The van der Waals surface area contributed by atoms with E-state index in [9.17, 15) is 51.1 Å². The SMILES string of the molecule is C[C@@H]1O[C@@H](O[C@@H]2[C@@H](O)[C@H](O)O[C@H](CO)[C@H]2O)[C@H](O)[C@H](O)[C@H]1O[C@@H]1O[C@H](CO)[C@@H](O)[C@H](O)[C@H]1O. The van der Waals surface area contributed by atoms with Crippen LogP contribution in [-0.2, 0) is 23.7 Å². The van der Waals surface area contributed by atoms with Gasteiger partial charge in [0, 0.05) is 0 Å². The molecule has 0 saturated carbocycles. The summed E-state index contributed by atoms with van der Waals surface area (Å²) >= 11 is 0. The monoisotopic (exact) mass is 488 g/mol. The molecule has 0 amide bonds. The maximum absolute atomic E-state index is 10.6. The molecule has 0 aromatic carbocycles. The second-order valence-electron chi connectivity index (χ2n) is 8.32. The van der Waals surface area contributed by atoms with Gasteiger partial charge in [-0.05, 0) is 6.92 Å². The van der Waals surface area contributed by atoms with Crippen LogP contribution < -0.4 is 0 Å². The lowest BCUT2D eigenvalue weighted by Crippen LogP contribution is -2.65. The highest BCUT2D eigenvalue weighted by atomic mass is 16.7. The number of rotatable bonds is 6. The Morgan fingerprint density at radius 2 is 1.06 bits per heavy atom. The van der Waals surface area contributed by atoms with Crippen molar-refractivity contribution in [2.45, 2.75) is 99.0 Å². The molecule has 0 aliphatic carbocycles. The number of ether oxygens (including phenoxy) is 5. The molecule has 194 valence electrons. The van der Waals surface area contributed by atoms with Crippen molar-refractivity contribution in [3.8, 4) is 0 Å². The highest BCUT2D eigenvalue weighted by Gasteiger charge is 2.52. The fourth-order valence-corrected chi connectivity index (χ4v) is 4.02. The van der Waals surface area contributed by atoms with Crippen LogP contribution in [0.1, 0.15) is 6.92 Å². The van der Waals surface area contributed by atoms with E-state index >= 15 is 0 Å². The maximum Gasteiger partial charge on any atom is 0.187 e. The first kappa shape index (κ1) is 27.0. The summed E-state index contributed by atoms with van der Waals surface area (Å²) in [6, 6.07) is 0. The van der Waals surface area contributed by atoms with Crippen LogP contribution in [0.4, 0.5) is 0 Å². The van der Waals surface area contributed by atoms with E-state index in [0.29, 0.717) is 0 Å². The van der Waals surface area contributed by atoms with E-state index in [1.54, 1.807) is 0 Å². The smallest absolute Gasteiger partial charge is 0.187 e. The first-order valence-electron chi connectivity index (χ1n) is 10.4. The minimum atomic E-state index is -1.82. The third kappa shape index (κ3) is 5.32. The molecule has 3 aliphatic heterocycles. The highest BCUT2D eigenvalue weighted by molar-refractivity contribution is 4.95. The molecule has 3 rings (SSSR count). The van der Waals surface area contributed by atoms with Crippen molar-refractivity contribution in [3.63, 3.8) is 0 Å². The standard InChI is InChI=1S/C18H32O15/c1-4-14(32-18-11(25)9(23)7(21)5(2-19)31-18)10(24)12(26)17(29-4)33-15-8(22)6(3-20)30-16(28)13(15)27/h4-28H,2-3H2,1H3/t4-,5+,6+,7+,8+,9-,10-,11+,12+,13+,14-,15-,16+,17-,18-/m0/s1. The van der Waals surface area contributed by atoms with Gasteiger partial charge >= 0.3 is 0 Å². The average molecular weight is 488 g/mol. The summed E-state index contributed by atoms with van der Waals surface area (Å²) in [4.78, 5) is 0. The van der Waals surface area contributed by atoms with E-state index in [1.165, 1.54) is 6.92 Å². The predicted octanol–water partition coefficient (Wildman–Crippen LogP) is -6.55. The lowest BCUT2D eigenvalue weighted by molar-refractivity contribution is -0.374. The molecule has 10 N–H and O–H groups in total. The molecule has 3 heterocycles. The molecule has 3 saturated heterocycles. The summed E-state index contributed by atoms with van der Waals surface area (Å²) in [7, 11) is 0. The van der Waals surface area contributed by atoms with E-state index in [1.807, 2.05) is 0 Å². The Morgan fingerprint density at radius 3 is 1.67 bits per heavy atom. The van der Waals surface area contributed by atoms with Gasteiger partial charge in [0.2, 0.25) is 0 Å². The molecule has 0 unspecified atom stereocenters. The Morgan fingerprint density at radius 1 is 0.545 bits per heavy atom. The van der Waals surface area contributed by atoms with Gasteiger partial charge in [-0.2, -0.15) is 0 Å². The Bertz CT molecular complexity index is 624. The summed E-state index contributed by atoms with van der Waals surface area (Å²) in [6.07, 6.45) is -23.5. The molecule has 0 spiro atoms. The van der Waals surface area contributed by atoms with Gasteiger partial charge in [-0.1, -0.05) is 0 Å². The van der Waals surface area contributed by atoms with Crippen molar-refractivity contribution in [3.05, 3.63) is 0 Å². The molecule has 0 aromatic heterocycles. The molecule has 3 fully saturated rings. The summed E-state index contributed by atoms with van der Waals surface area (Å²) in [5.41, 5.74) is 0. The molecule has 0 radical (unpaired) electrons. The average Bonchev–Trinajstić information content (AvgIpc) is 2.79. The molecule has 3 aliphatic rings.